The number of hydrogen-bond acceptors (Lipinski definition) is 10. The van der Waals surface area contributed by atoms with Crippen LogP contribution in [0.3, 0.4) is 0 Å². The standard InChI is InChI=1S/C43H76O10/c1-3-5-7-9-11-13-15-17-18-20-21-23-25-27-29-31-38(45)50-34-36(35-51-43-42(49)41(48)40(47)37(33-44)53-43)52-39(46)32-30-28-26-24-22-19-16-14-12-10-8-6-4-2/h19,22,25,27,29,31,36-37,40-44,47-49H,3-18,20-21,23-24,26,28,30,32-35H2,1-2H3/b22-19+,27-25+,31-29+/t36-,37-,40+,41?,42?,43-/m0/s1. The van der Waals surface area contributed by atoms with Crippen LogP contribution in [-0.4, -0.2) is 89.0 Å². The molecule has 0 amide bonds. The highest BCUT2D eigenvalue weighted by Crippen LogP contribution is 2.22. The number of ether oxygens (including phenoxy) is 4. The molecule has 1 aliphatic rings. The van der Waals surface area contributed by atoms with E-state index in [1.807, 2.05) is 12.2 Å². The van der Waals surface area contributed by atoms with Gasteiger partial charge in [-0.05, 0) is 44.9 Å². The summed E-state index contributed by atoms with van der Waals surface area (Å²) in [5.74, 6) is -1.08. The van der Waals surface area contributed by atoms with Crippen molar-refractivity contribution in [2.45, 2.75) is 205 Å². The summed E-state index contributed by atoms with van der Waals surface area (Å²) in [6.45, 7) is 3.27. The molecule has 4 N–H and O–H groups in total. The van der Waals surface area contributed by atoms with Crippen molar-refractivity contribution >= 4 is 11.9 Å². The van der Waals surface area contributed by atoms with Crippen LogP contribution in [-0.2, 0) is 28.5 Å². The zero-order chi connectivity index (χ0) is 38.8. The van der Waals surface area contributed by atoms with Gasteiger partial charge in [0.25, 0.3) is 0 Å². The molecule has 0 aromatic carbocycles. The first-order chi connectivity index (χ1) is 25.8. The molecule has 53 heavy (non-hydrogen) atoms. The van der Waals surface area contributed by atoms with Crippen LogP contribution in [0.1, 0.15) is 168 Å². The summed E-state index contributed by atoms with van der Waals surface area (Å²) in [7, 11) is 0. The number of allylic oxidation sites excluding steroid dienone is 5. The van der Waals surface area contributed by atoms with E-state index in [2.05, 4.69) is 26.0 Å². The van der Waals surface area contributed by atoms with E-state index in [9.17, 15) is 30.0 Å². The molecule has 0 spiro atoms. The van der Waals surface area contributed by atoms with Gasteiger partial charge in [-0.2, -0.15) is 0 Å². The minimum absolute atomic E-state index is 0.190. The first-order valence-corrected chi connectivity index (χ1v) is 21.1. The molecule has 10 heteroatoms. The van der Waals surface area contributed by atoms with Crippen LogP contribution < -0.4 is 0 Å². The average Bonchev–Trinajstić information content (AvgIpc) is 3.15. The Kier molecular flexibility index (Phi) is 31.8. The average molecular weight is 753 g/mol. The van der Waals surface area contributed by atoms with Crippen LogP contribution in [0.2, 0.25) is 0 Å². The van der Waals surface area contributed by atoms with Crippen molar-refractivity contribution in [1.82, 2.24) is 0 Å². The van der Waals surface area contributed by atoms with E-state index in [1.165, 1.54) is 109 Å². The lowest BCUT2D eigenvalue weighted by atomic mass is 9.99. The predicted molar refractivity (Wildman–Crippen MR) is 210 cm³/mol. The molecule has 0 aromatic rings. The lowest BCUT2D eigenvalue weighted by Gasteiger charge is -2.39. The summed E-state index contributed by atoms with van der Waals surface area (Å²) in [5.41, 5.74) is 0. The lowest BCUT2D eigenvalue weighted by Crippen LogP contribution is -2.59. The highest BCUT2D eigenvalue weighted by molar-refractivity contribution is 5.82. The minimum atomic E-state index is -1.61. The van der Waals surface area contributed by atoms with Gasteiger partial charge in [0.2, 0.25) is 0 Å². The molecule has 1 heterocycles. The molecule has 1 saturated heterocycles. The van der Waals surface area contributed by atoms with E-state index >= 15 is 0 Å². The fraction of sp³-hybridized carbons (Fsp3) is 0.814. The molecular formula is C43H76O10. The van der Waals surface area contributed by atoms with Gasteiger partial charge >= 0.3 is 11.9 Å². The quantitative estimate of drug-likeness (QED) is 0.0166. The normalized spacial score (nSPS) is 21.2. The van der Waals surface area contributed by atoms with Gasteiger partial charge in [-0.3, -0.25) is 4.79 Å². The van der Waals surface area contributed by atoms with E-state index in [0.29, 0.717) is 6.42 Å². The monoisotopic (exact) mass is 753 g/mol. The Morgan fingerprint density at radius 2 is 1.13 bits per heavy atom. The largest absolute Gasteiger partial charge is 0.458 e. The van der Waals surface area contributed by atoms with Gasteiger partial charge in [0.05, 0.1) is 13.2 Å². The number of hydrogen-bond donors (Lipinski definition) is 4. The van der Waals surface area contributed by atoms with Gasteiger partial charge in [-0.1, -0.05) is 147 Å². The Bertz CT molecular complexity index is 965. The van der Waals surface area contributed by atoms with Crippen molar-refractivity contribution in [2.75, 3.05) is 19.8 Å². The number of carbonyl (C=O) groups excluding carboxylic acids is 2. The van der Waals surface area contributed by atoms with Crippen LogP contribution >= 0.6 is 0 Å². The van der Waals surface area contributed by atoms with Gasteiger partial charge < -0.3 is 39.4 Å². The molecule has 1 aliphatic heterocycles. The van der Waals surface area contributed by atoms with E-state index in [-0.39, 0.29) is 19.6 Å². The van der Waals surface area contributed by atoms with Gasteiger partial charge in [0.15, 0.2) is 12.4 Å². The Morgan fingerprint density at radius 3 is 1.68 bits per heavy atom. The lowest BCUT2D eigenvalue weighted by molar-refractivity contribution is -0.305. The highest BCUT2D eigenvalue weighted by Gasteiger charge is 2.44. The highest BCUT2D eigenvalue weighted by atomic mass is 16.7. The van der Waals surface area contributed by atoms with E-state index in [0.717, 1.165) is 38.5 Å². The topological polar surface area (TPSA) is 152 Å². The first kappa shape index (κ1) is 48.9. The third-order valence-corrected chi connectivity index (χ3v) is 9.60. The molecule has 0 radical (unpaired) electrons. The molecule has 0 aromatic heterocycles. The van der Waals surface area contributed by atoms with Crippen LogP contribution in [0.15, 0.2) is 36.5 Å². The number of unbranched alkanes of at least 4 members (excludes halogenated alkanes) is 20. The van der Waals surface area contributed by atoms with Crippen molar-refractivity contribution in [2.24, 2.45) is 0 Å². The van der Waals surface area contributed by atoms with Crippen molar-refractivity contribution in [3.05, 3.63) is 36.5 Å². The molecule has 0 aliphatic carbocycles. The van der Waals surface area contributed by atoms with Gasteiger partial charge in [-0.15, -0.1) is 0 Å². The maximum Gasteiger partial charge on any atom is 0.330 e. The van der Waals surface area contributed by atoms with E-state index in [1.54, 1.807) is 6.08 Å². The fourth-order valence-corrected chi connectivity index (χ4v) is 6.21. The number of aliphatic hydroxyl groups is 4. The summed E-state index contributed by atoms with van der Waals surface area (Å²) < 4.78 is 21.9. The van der Waals surface area contributed by atoms with E-state index in [4.69, 9.17) is 18.9 Å². The smallest absolute Gasteiger partial charge is 0.330 e. The Hall–Kier alpha value is -2.08. The predicted octanol–water partition coefficient (Wildman–Crippen LogP) is 8.33. The third-order valence-electron chi connectivity index (χ3n) is 9.60. The summed E-state index contributed by atoms with van der Waals surface area (Å²) in [4.78, 5) is 25.1. The number of aliphatic hydroxyl groups excluding tert-OH is 4. The SMILES string of the molecule is CCCCCCCC/C=C/CCCCCC(=O)O[C@@H](COC(=O)/C=C/C=C/CCCCCCCCCCCCC)CO[C@H]1O[C@@H](CO)[C@@H](O)C(O)C1O. The van der Waals surface area contributed by atoms with Crippen molar-refractivity contribution in [3.63, 3.8) is 0 Å². The first-order valence-electron chi connectivity index (χ1n) is 21.1. The summed E-state index contributed by atoms with van der Waals surface area (Å²) in [6, 6.07) is 0. The molecule has 0 bridgehead atoms. The summed E-state index contributed by atoms with van der Waals surface area (Å²) >= 11 is 0. The molecule has 6 atom stereocenters. The molecule has 308 valence electrons. The second-order valence-corrected chi connectivity index (χ2v) is 14.5. The van der Waals surface area contributed by atoms with Crippen LogP contribution in [0.25, 0.3) is 0 Å². The molecule has 1 rings (SSSR count). The summed E-state index contributed by atoms with van der Waals surface area (Å²) in [6.07, 6.45) is 30.7. The number of carbonyl (C=O) groups is 2. The Balaban J connectivity index is 2.43. The maximum atomic E-state index is 12.7. The molecule has 1 fully saturated rings. The van der Waals surface area contributed by atoms with Crippen molar-refractivity contribution < 1.29 is 49.0 Å². The fourth-order valence-electron chi connectivity index (χ4n) is 6.21. The van der Waals surface area contributed by atoms with Gasteiger partial charge in [0.1, 0.15) is 31.0 Å². The minimum Gasteiger partial charge on any atom is -0.458 e. The number of esters is 2. The van der Waals surface area contributed by atoms with Crippen molar-refractivity contribution in [3.8, 4) is 0 Å². The molecule has 10 nitrogen and oxygen atoms in total. The number of rotatable bonds is 34. The third kappa shape index (κ3) is 26.4. The Morgan fingerprint density at radius 1 is 0.623 bits per heavy atom. The maximum absolute atomic E-state index is 12.7. The zero-order valence-electron chi connectivity index (χ0n) is 33.3. The van der Waals surface area contributed by atoms with Crippen LogP contribution in [0, 0.1) is 0 Å². The summed E-state index contributed by atoms with van der Waals surface area (Å²) in [5, 5.41) is 39.9. The Labute approximate surface area is 321 Å². The molecule has 0 saturated carbocycles. The van der Waals surface area contributed by atoms with Gasteiger partial charge in [-0.25, -0.2) is 4.79 Å². The van der Waals surface area contributed by atoms with Gasteiger partial charge in [0, 0.05) is 12.5 Å². The second kappa shape index (κ2) is 34.4. The zero-order valence-corrected chi connectivity index (χ0v) is 33.3. The van der Waals surface area contributed by atoms with Crippen molar-refractivity contribution in [1.29, 1.82) is 0 Å². The second-order valence-electron chi connectivity index (χ2n) is 14.5. The molecular weight excluding hydrogens is 676 g/mol. The van der Waals surface area contributed by atoms with Crippen LogP contribution in [0.4, 0.5) is 0 Å². The molecule has 2 unspecified atom stereocenters. The van der Waals surface area contributed by atoms with Crippen LogP contribution in [0.5, 0.6) is 0 Å². The van der Waals surface area contributed by atoms with E-state index < -0.39 is 55.4 Å².